The van der Waals surface area contributed by atoms with E-state index in [-0.39, 0.29) is 12.4 Å². The molecule has 0 aliphatic rings. The molecule has 0 saturated heterocycles. The molecule has 3 aromatic rings. The number of aromatic nitrogens is 4. The van der Waals surface area contributed by atoms with E-state index in [4.69, 9.17) is 4.74 Å². The van der Waals surface area contributed by atoms with Gasteiger partial charge in [-0.15, -0.1) is 0 Å². The van der Waals surface area contributed by atoms with Crippen LogP contribution in [0.2, 0.25) is 0 Å². The zero-order valence-electron chi connectivity index (χ0n) is 18.0. The highest BCUT2D eigenvalue weighted by Crippen LogP contribution is 2.24. The summed E-state index contributed by atoms with van der Waals surface area (Å²) in [6, 6.07) is 6.85. The highest BCUT2D eigenvalue weighted by Gasteiger charge is 2.17. The number of hydrazone groups is 1. The van der Waals surface area contributed by atoms with Gasteiger partial charge in [0, 0.05) is 5.56 Å². The Kier molecular flexibility index (Phi) is 7.03. The molecule has 0 fully saturated rings. The molecule has 11 nitrogen and oxygen atoms in total. The summed E-state index contributed by atoms with van der Waals surface area (Å²) in [4.78, 5) is 22.3. The Balaban J connectivity index is 1.69. The first-order valence-corrected chi connectivity index (χ1v) is 10.4. The van der Waals surface area contributed by atoms with Crippen LogP contribution in [0.3, 0.4) is 0 Å². The lowest BCUT2D eigenvalue weighted by molar-refractivity contribution is -0.389. The highest BCUT2D eigenvalue weighted by atomic mass is 79.9. The predicted molar refractivity (Wildman–Crippen MR) is 121 cm³/mol. The number of halogens is 1. The van der Waals surface area contributed by atoms with E-state index in [2.05, 4.69) is 36.7 Å². The van der Waals surface area contributed by atoms with Crippen LogP contribution in [-0.2, 0) is 17.9 Å². The van der Waals surface area contributed by atoms with Crippen LogP contribution >= 0.6 is 15.9 Å². The fourth-order valence-corrected chi connectivity index (χ4v) is 3.37. The van der Waals surface area contributed by atoms with Crippen molar-refractivity contribution in [1.29, 1.82) is 0 Å². The maximum atomic E-state index is 12.1. The summed E-state index contributed by atoms with van der Waals surface area (Å²) in [5.74, 6) is -0.0478. The third-order valence-corrected chi connectivity index (χ3v) is 5.92. The van der Waals surface area contributed by atoms with Crippen LogP contribution in [0.25, 0.3) is 0 Å². The van der Waals surface area contributed by atoms with E-state index in [0.29, 0.717) is 18.0 Å². The molecule has 0 bridgehead atoms. The van der Waals surface area contributed by atoms with Crippen LogP contribution < -0.4 is 10.2 Å². The minimum absolute atomic E-state index is 0.183. The fourth-order valence-electron chi connectivity index (χ4n) is 3.08. The molecule has 0 saturated carbocycles. The standard InChI is InChI=1S/C20H22BrN7O4/c1-12-7-18(28(30)31)25-26(12)11-19(29)23-22-9-15-5-6-17(32-4)16(8-15)10-27-14(3)20(21)13(2)24-27/h5-9H,10-11H2,1-4H3,(H,23,29). The third-order valence-electron chi connectivity index (χ3n) is 4.77. The van der Waals surface area contributed by atoms with Gasteiger partial charge in [-0.05, 0) is 65.4 Å². The quantitative estimate of drug-likeness (QED) is 0.285. The topological polar surface area (TPSA) is 129 Å². The molecule has 1 N–H and O–H groups in total. The molecular formula is C20H22BrN7O4. The molecule has 12 heteroatoms. The second-order valence-electron chi connectivity index (χ2n) is 7.07. The maximum absolute atomic E-state index is 12.1. The Morgan fingerprint density at radius 1 is 1.28 bits per heavy atom. The van der Waals surface area contributed by atoms with Crippen molar-refractivity contribution in [1.82, 2.24) is 25.0 Å². The average molecular weight is 504 g/mol. The van der Waals surface area contributed by atoms with Crippen molar-refractivity contribution < 1.29 is 14.5 Å². The second kappa shape index (κ2) is 9.73. The van der Waals surface area contributed by atoms with Crippen molar-refractivity contribution in [2.24, 2.45) is 5.10 Å². The van der Waals surface area contributed by atoms with E-state index in [0.717, 1.165) is 27.0 Å². The Hall–Kier alpha value is -3.54. The Labute approximate surface area is 192 Å². The molecule has 0 aliphatic carbocycles. The number of rotatable bonds is 8. The normalized spacial score (nSPS) is 11.2. The minimum Gasteiger partial charge on any atom is -0.496 e. The van der Waals surface area contributed by atoms with Crippen molar-refractivity contribution >= 4 is 33.9 Å². The van der Waals surface area contributed by atoms with Gasteiger partial charge in [0.2, 0.25) is 0 Å². The predicted octanol–water partition coefficient (Wildman–Crippen LogP) is 2.88. The molecule has 1 aromatic carbocycles. The van der Waals surface area contributed by atoms with Crippen molar-refractivity contribution in [3.05, 3.63) is 67.1 Å². The van der Waals surface area contributed by atoms with E-state index in [1.807, 2.05) is 36.7 Å². The van der Waals surface area contributed by atoms with E-state index in [1.54, 1.807) is 14.0 Å². The number of hydrogen-bond donors (Lipinski definition) is 1. The number of carbonyl (C=O) groups is 1. The van der Waals surface area contributed by atoms with Crippen molar-refractivity contribution in [2.75, 3.05) is 7.11 Å². The first-order valence-electron chi connectivity index (χ1n) is 9.56. The molecule has 0 spiro atoms. The largest absolute Gasteiger partial charge is 0.496 e. The van der Waals surface area contributed by atoms with E-state index in [9.17, 15) is 14.9 Å². The maximum Gasteiger partial charge on any atom is 0.390 e. The average Bonchev–Trinajstić information content (AvgIpc) is 3.23. The third kappa shape index (κ3) is 5.19. The number of hydrogen-bond acceptors (Lipinski definition) is 7. The summed E-state index contributed by atoms with van der Waals surface area (Å²) in [6.07, 6.45) is 1.51. The number of amides is 1. The van der Waals surface area contributed by atoms with E-state index in [1.165, 1.54) is 17.0 Å². The van der Waals surface area contributed by atoms with Gasteiger partial charge in [-0.3, -0.25) is 9.48 Å². The number of carbonyl (C=O) groups excluding carboxylic acids is 1. The molecule has 168 valence electrons. The molecule has 0 radical (unpaired) electrons. The van der Waals surface area contributed by atoms with E-state index >= 15 is 0 Å². The lowest BCUT2D eigenvalue weighted by atomic mass is 10.1. The van der Waals surface area contributed by atoms with Gasteiger partial charge >= 0.3 is 5.82 Å². The van der Waals surface area contributed by atoms with Crippen LogP contribution in [0.4, 0.5) is 5.82 Å². The Morgan fingerprint density at radius 3 is 2.62 bits per heavy atom. The van der Waals surface area contributed by atoms with Gasteiger partial charge in [-0.2, -0.15) is 14.9 Å². The number of methoxy groups -OCH3 is 1. The fraction of sp³-hybridized carbons (Fsp3) is 0.300. The molecule has 1 amide bonds. The van der Waals surface area contributed by atoms with Gasteiger partial charge in [0.05, 0.1) is 52.6 Å². The van der Waals surface area contributed by atoms with Gasteiger partial charge in [0.15, 0.2) is 0 Å². The first kappa shape index (κ1) is 23.1. The SMILES string of the molecule is COc1ccc(C=NNC(=O)Cn2nc([N+](=O)[O-])cc2C)cc1Cn1nc(C)c(Br)c1C. The summed E-state index contributed by atoms with van der Waals surface area (Å²) >= 11 is 3.53. The van der Waals surface area contributed by atoms with Crippen LogP contribution in [0.15, 0.2) is 33.8 Å². The van der Waals surface area contributed by atoms with Gasteiger partial charge < -0.3 is 14.9 Å². The summed E-state index contributed by atoms with van der Waals surface area (Å²) in [5, 5.41) is 23.1. The Bertz CT molecular complexity index is 1200. The molecule has 2 heterocycles. The number of nitro groups is 1. The number of aryl methyl sites for hydroxylation is 2. The summed E-state index contributed by atoms with van der Waals surface area (Å²) in [5.41, 5.74) is 6.48. The van der Waals surface area contributed by atoms with Crippen molar-refractivity contribution in [3.8, 4) is 5.75 Å². The first-order chi connectivity index (χ1) is 15.2. The van der Waals surface area contributed by atoms with Gasteiger partial charge in [0.25, 0.3) is 5.91 Å². The summed E-state index contributed by atoms with van der Waals surface area (Å²) < 4.78 is 9.56. The zero-order valence-corrected chi connectivity index (χ0v) is 19.6. The lowest BCUT2D eigenvalue weighted by Gasteiger charge is -2.11. The van der Waals surface area contributed by atoms with Crippen LogP contribution in [0, 0.1) is 30.9 Å². The number of benzene rings is 1. The molecule has 0 atom stereocenters. The molecule has 2 aromatic heterocycles. The van der Waals surface area contributed by atoms with Crippen molar-refractivity contribution in [3.63, 3.8) is 0 Å². The summed E-state index contributed by atoms with van der Waals surface area (Å²) in [6.45, 7) is 5.87. The van der Waals surface area contributed by atoms with Crippen LogP contribution in [-0.4, -0.2) is 43.7 Å². The second-order valence-corrected chi connectivity index (χ2v) is 7.86. The monoisotopic (exact) mass is 503 g/mol. The number of nitrogens with one attached hydrogen (secondary N) is 1. The molecule has 0 aliphatic heterocycles. The number of nitrogens with zero attached hydrogens (tertiary/aromatic N) is 6. The summed E-state index contributed by atoms with van der Waals surface area (Å²) in [7, 11) is 1.60. The minimum atomic E-state index is -0.606. The molecule has 3 rings (SSSR count). The van der Waals surface area contributed by atoms with Crippen LogP contribution in [0.5, 0.6) is 5.75 Å². The molecule has 32 heavy (non-hydrogen) atoms. The lowest BCUT2D eigenvalue weighted by Crippen LogP contribution is -2.24. The van der Waals surface area contributed by atoms with Gasteiger partial charge in [-0.1, -0.05) is 0 Å². The van der Waals surface area contributed by atoms with E-state index < -0.39 is 10.8 Å². The highest BCUT2D eigenvalue weighted by molar-refractivity contribution is 9.10. The van der Waals surface area contributed by atoms with Gasteiger partial charge in [0.1, 0.15) is 12.3 Å². The number of ether oxygens (including phenoxy) is 1. The Morgan fingerprint density at radius 2 is 2.03 bits per heavy atom. The van der Waals surface area contributed by atoms with Crippen LogP contribution in [0.1, 0.15) is 28.2 Å². The smallest absolute Gasteiger partial charge is 0.390 e. The molecular weight excluding hydrogens is 482 g/mol. The molecule has 0 unspecified atom stereocenters. The zero-order chi connectivity index (χ0) is 23.4. The van der Waals surface area contributed by atoms with Crippen molar-refractivity contribution in [2.45, 2.75) is 33.9 Å². The van der Waals surface area contributed by atoms with Gasteiger partial charge in [-0.25, -0.2) is 5.43 Å².